The Morgan fingerprint density at radius 1 is 0.786 bits per heavy atom. The van der Waals surface area contributed by atoms with E-state index < -0.39 is 11.6 Å². The summed E-state index contributed by atoms with van der Waals surface area (Å²) in [6.45, 7) is 1.75. The smallest absolute Gasteiger partial charge is 0.304 e. The Morgan fingerprint density at radius 3 is 1.71 bits per heavy atom. The van der Waals surface area contributed by atoms with Gasteiger partial charge in [0.25, 0.3) is 5.91 Å². The molecule has 3 rings (SSSR count). The lowest BCUT2D eigenvalue weighted by Gasteiger charge is -2.32. The Hall–Kier alpha value is -3.40. The second-order valence-corrected chi connectivity index (χ2v) is 6.50. The molecule has 0 fully saturated rings. The van der Waals surface area contributed by atoms with Crippen LogP contribution in [-0.4, -0.2) is 18.4 Å². The van der Waals surface area contributed by atoms with Crippen LogP contribution in [-0.2, 0) is 26.3 Å². The van der Waals surface area contributed by atoms with Gasteiger partial charge in [0.2, 0.25) is 5.60 Å². The molecule has 1 N–H and O–H groups in total. The van der Waals surface area contributed by atoms with E-state index in [0.29, 0.717) is 24.1 Å². The minimum absolute atomic E-state index is 0.365. The minimum atomic E-state index is -1.54. The molecule has 0 bridgehead atoms. The lowest BCUT2D eigenvalue weighted by Crippen LogP contribution is -2.48. The second kappa shape index (κ2) is 9.00. The van der Waals surface area contributed by atoms with Gasteiger partial charge in [0.05, 0.1) is 0 Å². The molecule has 4 heteroatoms. The highest BCUT2D eigenvalue weighted by Gasteiger charge is 2.45. The molecular weight excluding hydrogens is 350 g/mol. The van der Waals surface area contributed by atoms with Gasteiger partial charge in [-0.05, 0) is 12.0 Å². The van der Waals surface area contributed by atoms with Gasteiger partial charge in [0, 0.05) is 24.6 Å². The zero-order chi connectivity index (χ0) is 19.8. The van der Waals surface area contributed by atoms with Crippen molar-refractivity contribution in [2.75, 3.05) is 6.54 Å². The summed E-state index contributed by atoms with van der Waals surface area (Å²) in [5.41, 5.74) is 0.799. The molecule has 0 saturated heterocycles. The van der Waals surface area contributed by atoms with Crippen molar-refractivity contribution in [2.24, 2.45) is 0 Å². The molecule has 4 nitrogen and oxygen atoms in total. The average Bonchev–Trinajstić information content (AvgIpc) is 2.74. The summed E-state index contributed by atoms with van der Waals surface area (Å²) in [6, 6.07) is 28.1. The number of nitrogens with one attached hydrogen (secondary N) is 1. The first-order valence-corrected chi connectivity index (χ1v) is 9.26. The highest BCUT2D eigenvalue weighted by molar-refractivity contribution is 5.92. The fraction of sp³-hybridized carbons (Fsp3) is 0.167. The van der Waals surface area contributed by atoms with Gasteiger partial charge < -0.3 is 10.1 Å². The van der Waals surface area contributed by atoms with E-state index in [0.717, 1.165) is 5.56 Å². The van der Waals surface area contributed by atoms with Crippen molar-refractivity contribution in [1.29, 1.82) is 0 Å². The first kappa shape index (κ1) is 19.4. The summed E-state index contributed by atoms with van der Waals surface area (Å²) >= 11 is 0. The van der Waals surface area contributed by atoms with Crippen LogP contribution in [0.5, 0.6) is 0 Å². The lowest BCUT2D eigenvalue weighted by atomic mass is 9.85. The average molecular weight is 373 g/mol. The molecule has 0 aliphatic heterocycles. The number of rotatable bonds is 7. The van der Waals surface area contributed by atoms with Crippen molar-refractivity contribution in [3.63, 3.8) is 0 Å². The van der Waals surface area contributed by atoms with Gasteiger partial charge in [-0.1, -0.05) is 91.0 Å². The third-order valence-electron chi connectivity index (χ3n) is 4.52. The van der Waals surface area contributed by atoms with E-state index in [2.05, 4.69) is 5.32 Å². The van der Waals surface area contributed by atoms with Crippen LogP contribution in [0.3, 0.4) is 0 Å². The van der Waals surface area contributed by atoms with Crippen LogP contribution in [0.25, 0.3) is 0 Å². The Bertz CT molecular complexity index is 869. The van der Waals surface area contributed by atoms with Crippen LogP contribution in [0.2, 0.25) is 0 Å². The molecule has 0 saturated carbocycles. The number of carbonyl (C=O) groups is 2. The molecule has 0 aliphatic carbocycles. The van der Waals surface area contributed by atoms with E-state index in [1.54, 1.807) is 24.3 Å². The molecule has 0 atom stereocenters. The standard InChI is InChI=1S/C24H23NO3/c1-19(26)28-24(21-13-7-3-8-14-21,22-15-9-4-10-16-22)23(27)25-18-17-20-11-5-2-6-12-20/h2-16H,17-18H2,1H3,(H,25,27). The van der Waals surface area contributed by atoms with Gasteiger partial charge in [-0.15, -0.1) is 0 Å². The third-order valence-corrected chi connectivity index (χ3v) is 4.52. The maximum Gasteiger partial charge on any atom is 0.304 e. The Kier molecular flexibility index (Phi) is 6.22. The number of hydrogen-bond acceptors (Lipinski definition) is 3. The third kappa shape index (κ3) is 4.29. The van der Waals surface area contributed by atoms with Crippen molar-refractivity contribution >= 4 is 11.9 Å². The summed E-state index contributed by atoms with van der Waals surface area (Å²) in [4.78, 5) is 25.4. The van der Waals surface area contributed by atoms with Crippen molar-refractivity contribution < 1.29 is 14.3 Å². The quantitative estimate of drug-likeness (QED) is 0.640. The molecule has 0 unspecified atom stereocenters. The predicted octanol–water partition coefficient (Wildman–Crippen LogP) is 3.85. The molecule has 0 aliphatic rings. The fourth-order valence-corrected chi connectivity index (χ4v) is 3.24. The van der Waals surface area contributed by atoms with Gasteiger partial charge in [-0.3, -0.25) is 9.59 Å². The summed E-state index contributed by atoms with van der Waals surface area (Å²) in [6.07, 6.45) is 0.687. The Morgan fingerprint density at radius 2 is 1.25 bits per heavy atom. The molecule has 0 aromatic heterocycles. The topological polar surface area (TPSA) is 55.4 Å². The number of esters is 1. The first-order chi connectivity index (χ1) is 13.6. The van der Waals surface area contributed by atoms with Gasteiger partial charge >= 0.3 is 5.97 Å². The van der Waals surface area contributed by atoms with Crippen LogP contribution in [0.4, 0.5) is 0 Å². The highest BCUT2D eigenvalue weighted by Crippen LogP contribution is 2.34. The van der Waals surface area contributed by atoms with Gasteiger partial charge in [0.15, 0.2) is 0 Å². The minimum Gasteiger partial charge on any atom is -0.439 e. The molecule has 0 spiro atoms. The number of ether oxygens (including phenoxy) is 1. The molecule has 28 heavy (non-hydrogen) atoms. The molecular formula is C24H23NO3. The number of carbonyl (C=O) groups excluding carboxylic acids is 2. The zero-order valence-electron chi connectivity index (χ0n) is 15.8. The van der Waals surface area contributed by atoms with Crippen LogP contribution < -0.4 is 5.32 Å². The first-order valence-electron chi connectivity index (χ1n) is 9.26. The van der Waals surface area contributed by atoms with E-state index in [4.69, 9.17) is 4.74 Å². The largest absolute Gasteiger partial charge is 0.439 e. The van der Waals surface area contributed by atoms with Crippen molar-refractivity contribution in [1.82, 2.24) is 5.32 Å². The summed E-state index contributed by atoms with van der Waals surface area (Å²) in [5, 5.41) is 2.96. The van der Waals surface area contributed by atoms with Crippen LogP contribution in [0, 0.1) is 0 Å². The molecule has 142 valence electrons. The van der Waals surface area contributed by atoms with Crippen LogP contribution in [0.1, 0.15) is 23.6 Å². The van der Waals surface area contributed by atoms with Gasteiger partial charge in [0.1, 0.15) is 0 Å². The fourth-order valence-electron chi connectivity index (χ4n) is 3.24. The van der Waals surface area contributed by atoms with Crippen molar-refractivity contribution in [2.45, 2.75) is 18.9 Å². The Labute approximate surface area is 165 Å². The maximum absolute atomic E-state index is 13.4. The number of amides is 1. The summed E-state index contributed by atoms with van der Waals surface area (Å²) < 4.78 is 5.72. The monoisotopic (exact) mass is 373 g/mol. The lowest BCUT2D eigenvalue weighted by molar-refractivity contribution is -0.163. The van der Waals surface area contributed by atoms with Crippen LogP contribution in [0.15, 0.2) is 91.0 Å². The molecule has 0 heterocycles. The van der Waals surface area contributed by atoms with E-state index in [1.807, 2.05) is 66.7 Å². The number of hydrogen-bond donors (Lipinski definition) is 1. The maximum atomic E-state index is 13.4. The zero-order valence-corrected chi connectivity index (χ0v) is 15.8. The molecule has 0 radical (unpaired) electrons. The van der Waals surface area contributed by atoms with Gasteiger partial charge in [-0.25, -0.2) is 0 Å². The van der Waals surface area contributed by atoms with E-state index >= 15 is 0 Å². The number of benzene rings is 3. The van der Waals surface area contributed by atoms with Crippen molar-refractivity contribution in [3.05, 3.63) is 108 Å². The summed E-state index contributed by atoms with van der Waals surface area (Å²) in [7, 11) is 0. The summed E-state index contributed by atoms with van der Waals surface area (Å²) in [5.74, 6) is -0.887. The van der Waals surface area contributed by atoms with E-state index in [9.17, 15) is 9.59 Å². The predicted molar refractivity (Wildman–Crippen MR) is 109 cm³/mol. The van der Waals surface area contributed by atoms with Crippen LogP contribution >= 0.6 is 0 Å². The Balaban J connectivity index is 1.94. The molecule has 3 aromatic rings. The van der Waals surface area contributed by atoms with E-state index in [1.165, 1.54) is 6.92 Å². The normalized spacial score (nSPS) is 10.9. The SMILES string of the molecule is CC(=O)OC(C(=O)NCCc1ccccc1)(c1ccccc1)c1ccccc1. The highest BCUT2D eigenvalue weighted by atomic mass is 16.6. The molecule has 3 aromatic carbocycles. The van der Waals surface area contributed by atoms with E-state index in [-0.39, 0.29) is 5.91 Å². The molecule has 1 amide bonds. The van der Waals surface area contributed by atoms with Crippen molar-refractivity contribution in [3.8, 4) is 0 Å². The second-order valence-electron chi connectivity index (χ2n) is 6.50. The van der Waals surface area contributed by atoms with Gasteiger partial charge in [-0.2, -0.15) is 0 Å².